The average Bonchev–Trinajstić information content (AvgIpc) is 3.21. The summed E-state index contributed by atoms with van der Waals surface area (Å²) >= 11 is 0.619. The Kier molecular flexibility index (Phi) is 5.93. The number of sulfonamides is 1. The molecule has 1 N–H and O–H groups in total. The molecule has 9 nitrogen and oxygen atoms in total. The summed E-state index contributed by atoms with van der Waals surface area (Å²) in [4.78, 5) is 1.66. The van der Waals surface area contributed by atoms with Gasteiger partial charge >= 0.3 is 0 Å². The molecule has 15 heteroatoms. The highest BCUT2D eigenvalue weighted by molar-refractivity contribution is 7.89. The number of nitriles is 1. The Morgan fingerprint density at radius 2 is 1.89 bits per heavy atom. The molecule has 3 aromatic rings. The number of fused-ring (bicyclic) bond motifs is 1. The van der Waals surface area contributed by atoms with E-state index in [1.807, 2.05) is 11.0 Å². The van der Waals surface area contributed by atoms with Gasteiger partial charge in [0.2, 0.25) is 21.6 Å². The van der Waals surface area contributed by atoms with Crippen LogP contribution in [0.1, 0.15) is 37.1 Å². The lowest BCUT2D eigenvalue weighted by Crippen LogP contribution is -2.37. The van der Waals surface area contributed by atoms with E-state index in [0.717, 1.165) is 0 Å². The minimum Gasteiger partial charge on any atom is -0.371 e. The monoisotopic (exact) mass is 529 g/mol. The predicted molar refractivity (Wildman–Crippen MR) is 118 cm³/mol. The molecule has 186 valence electrons. The van der Waals surface area contributed by atoms with E-state index in [2.05, 4.69) is 20.0 Å². The number of aromatic nitrogens is 4. The first-order valence-corrected chi connectivity index (χ1v) is 13.0. The number of alkyl halides is 4. The predicted octanol–water partition coefficient (Wildman–Crippen LogP) is 3.63. The lowest BCUT2D eigenvalue weighted by Gasteiger charge is -2.33. The van der Waals surface area contributed by atoms with E-state index in [0.29, 0.717) is 35.3 Å². The number of halogens is 4. The minimum absolute atomic E-state index is 0.0239. The number of nitrogens with zero attached hydrogens (tertiary/aromatic N) is 6. The summed E-state index contributed by atoms with van der Waals surface area (Å²) in [7, 11) is -4.14. The Bertz CT molecular complexity index is 1400. The lowest BCUT2D eigenvalue weighted by atomic mass is 9.96. The van der Waals surface area contributed by atoms with E-state index in [-0.39, 0.29) is 41.5 Å². The van der Waals surface area contributed by atoms with E-state index >= 15 is 0 Å². The van der Waals surface area contributed by atoms with Gasteiger partial charge in [-0.2, -0.15) is 15.1 Å². The summed E-state index contributed by atoms with van der Waals surface area (Å²) in [5.74, 6) is -0.738. The first kappa shape index (κ1) is 23.9. The molecule has 5 rings (SSSR count). The van der Waals surface area contributed by atoms with Crippen LogP contribution in [0.5, 0.6) is 0 Å². The van der Waals surface area contributed by atoms with Gasteiger partial charge in [-0.05, 0) is 37.8 Å². The lowest BCUT2D eigenvalue weighted by molar-refractivity contribution is 0.0636. The summed E-state index contributed by atoms with van der Waals surface area (Å²) in [6.45, 7) is 0.561. The highest BCUT2D eigenvalue weighted by atomic mass is 32.2. The Hall–Kier alpha value is -2.83. The number of piperidine rings is 1. The van der Waals surface area contributed by atoms with Crippen molar-refractivity contribution in [3.8, 4) is 11.2 Å². The van der Waals surface area contributed by atoms with E-state index in [1.54, 1.807) is 0 Å². The molecule has 1 aliphatic heterocycles. The third kappa shape index (κ3) is 4.45. The maximum absolute atomic E-state index is 13.2. The van der Waals surface area contributed by atoms with Crippen molar-refractivity contribution in [1.29, 1.82) is 5.26 Å². The summed E-state index contributed by atoms with van der Waals surface area (Å²) in [5, 5.41) is 20.8. The van der Waals surface area contributed by atoms with Gasteiger partial charge in [-0.3, -0.25) is 0 Å². The fourth-order valence-corrected chi connectivity index (χ4v) is 6.21. The van der Waals surface area contributed by atoms with Gasteiger partial charge in [0.25, 0.3) is 6.43 Å². The summed E-state index contributed by atoms with van der Waals surface area (Å²) in [6, 6.07) is 4.74. The molecule has 2 aromatic heterocycles. The van der Waals surface area contributed by atoms with Crippen LogP contribution in [0.15, 0.2) is 23.2 Å². The van der Waals surface area contributed by atoms with Crippen LogP contribution in [-0.2, 0) is 10.0 Å². The van der Waals surface area contributed by atoms with Crippen LogP contribution >= 0.6 is 11.3 Å². The van der Waals surface area contributed by atoms with Crippen LogP contribution in [0.3, 0.4) is 0 Å². The van der Waals surface area contributed by atoms with Crippen LogP contribution in [0, 0.1) is 17.2 Å². The van der Waals surface area contributed by atoms with Gasteiger partial charge in [0.1, 0.15) is 5.54 Å². The zero-order valence-electron chi connectivity index (χ0n) is 18.0. The maximum Gasteiger partial charge on any atom is 0.291 e. The van der Waals surface area contributed by atoms with E-state index in [4.69, 9.17) is 0 Å². The number of nitrogens with one attached hydrogen (secondary N) is 1. The van der Waals surface area contributed by atoms with Gasteiger partial charge in [-0.15, -0.1) is 10.2 Å². The van der Waals surface area contributed by atoms with Crippen molar-refractivity contribution in [2.75, 3.05) is 18.0 Å². The number of rotatable bonds is 7. The molecule has 1 saturated carbocycles. The zero-order chi connectivity index (χ0) is 25.0. The highest BCUT2D eigenvalue weighted by Crippen LogP contribution is 2.39. The maximum atomic E-state index is 13.2. The molecule has 3 heterocycles. The fraction of sp³-hybridized carbons (Fsp3) is 0.500. The fourth-order valence-electron chi connectivity index (χ4n) is 4.12. The highest BCUT2D eigenvalue weighted by Gasteiger charge is 2.47. The number of benzene rings is 1. The molecule has 1 aromatic carbocycles. The molecular weight excluding hydrogens is 510 g/mol. The summed E-state index contributed by atoms with van der Waals surface area (Å²) < 4.78 is 82.5. The second-order valence-corrected chi connectivity index (χ2v) is 11.3. The topological polar surface area (TPSA) is 117 Å². The van der Waals surface area contributed by atoms with Crippen LogP contribution in [0.2, 0.25) is 0 Å². The Balaban J connectivity index is 1.61. The molecule has 0 radical (unpaired) electrons. The van der Waals surface area contributed by atoms with Gasteiger partial charge < -0.3 is 4.90 Å². The van der Waals surface area contributed by atoms with E-state index in [9.17, 15) is 31.2 Å². The van der Waals surface area contributed by atoms with Gasteiger partial charge in [0, 0.05) is 30.1 Å². The summed E-state index contributed by atoms with van der Waals surface area (Å²) in [5.41, 5.74) is -0.422. The van der Waals surface area contributed by atoms with Crippen molar-refractivity contribution in [3.63, 3.8) is 0 Å². The normalized spacial score (nSPS) is 18.5. The van der Waals surface area contributed by atoms with Crippen LogP contribution < -0.4 is 9.62 Å². The molecule has 0 unspecified atom stereocenters. The number of anilines is 1. The Labute approximate surface area is 201 Å². The van der Waals surface area contributed by atoms with E-state index in [1.165, 1.54) is 23.0 Å². The molecule has 0 amide bonds. The molecule has 0 atom stereocenters. The second-order valence-electron chi connectivity index (χ2n) is 8.61. The van der Waals surface area contributed by atoms with Crippen LogP contribution in [0.4, 0.5) is 23.2 Å². The van der Waals surface area contributed by atoms with Gasteiger partial charge in [-0.1, -0.05) is 11.3 Å². The van der Waals surface area contributed by atoms with Crippen molar-refractivity contribution in [2.24, 2.45) is 5.92 Å². The van der Waals surface area contributed by atoms with Gasteiger partial charge in [0.15, 0.2) is 5.01 Å². The minimum atomic E-state index is -4.14. The van der Waals surface area contributed by atoms with Crippen molar-refractivity contribution < 1.29 is 26.0 Å². The SMILES string of the molecule is N#CC1(NS(=O)(=O)c2cc(N3CCC(C(F)F)CC3)c3cnn(-c4nnc(C(F)F)s4)c3c2)CC1. The van der Waals surface area contributed by atoms with Crippen LogP contribution in [0.25, 0.3) is 16.0 Å². The largest absolute Gasteiger partial charge is 0.371 e. The van der Waals surface area contributed by atoms with Gasteiger partial charge in [0.05, 0.1) is 22.7 Å². The third-order valence-electron chi connectivity index (χ3n) is 6.28. The average molecular weight is 530 g/mol. The molecule has 1 saturated heterocycles. The standard InChI is InChI=1S/C20H19F4N7O2S2/c21-16(22)11-1-5-30(6-2-11)14-7-12(35(32,33)29-20(10-25)3-4-20)8-15-13(14)9-26-31(15)19-28-27-18(34-19)17(23)24/h7-9,11,16-17,29H,1-6H2. The van der Waals surface area contributed by atoms with Crippen molar-refractivity contribution in [3.05, 3.63) is 23.3 Å². The molecule has 35 heavy (non-hydrogen) atoms. The molecule has 0 spiro atoms. The second kappa shape index (κ2) is 8.68. The van der Waals surface area contributed by atoms with E-state index < -0.39 is 39.3 Å². The third-order valence-corrected chi connectivity index (χ3v) is 8.70. The van der Waals surface area contributed by atoms with Crippen molar-refractivity contribution in [2.45, 2.75) is 49.0 Å². The van der Waals surface area contributed by atoms with Crippen molar-refractivity contribution >= 4 is 38.0 Å². The molecule has 2 fully saturated rings. The molecule has 2 aliphatic rings. The van der Waals surface area contributed by atoms with Gasteiger partial charge in [-0.25, -0.2) is 30.7 Å². The summed E-state index contributed by atoms with van der Waals surface area (Å²) in [6.07, 6.45) is -2.57. The number of hydrogen-bond donors (Lipinski definition) is 1. The smallest absolute Gasteiger partial charge is 0.291 e. The first-order chi connectivity index (χ1) is 16.6. The molecule has 0 bridgehead atoms. The molecular formula is C20H19F4N7O2S2. The quantitative estimate of drug-likeness (QED) is 0.465. The zero-order valence-corrected chi connectivity index (χ0v) is 19.7. The Morgan fingerprint density at radius 1 is 1.17 bits per heavy atom. The molecule has 1 aliphatic carbocycles. The van der Waals surface area contributed by atoms with Crippen LogP contribution in [-0.4, -0.2) is 53.4 Å². The number of hydrogen-bond acceptors (Lipinski definition) is 8. The Morgan fingerprint density at radius 3 is 2.46 bits per heavy atom. The van der Waals surface area contributed by atoms with Crippen molar-refractivity contribution in [1.82, 2.24) is 24.7 Å². The first-order valence-electron chi connectivity index (χ1n) is 10.7.